The van der Waals surface area contributed by atoms with Crippen molar-refractivity contribution in [2.45, 2.75) is 60.3 Å². The first-order chi connectivity index (χ1) is 8.47. The third-order valence-electron chi connectivity index (χ3n) is 5.02. The standard InChI is InChI=1S/C16H34N2/c1-6-16(7-2,13-17-8-3)14-18-11-9-15(4,5)10-12-18/h17H,6-14H2,1-5H3. The summed E-state index contributed by atoms with van der Waals surface area (Å²) in [6, 6.07) is 0. The average Bonchev–Trinajstić information content (AvgIpc) is 2.37. The lowest BCUT2D eigenvalue weighted by atomic mass is 9.78. The van der Waals surface area contributed by atoms with E-state index in [1.165, 1.54) is 51.9 Å². The van der Waals surface area contributed by atoms with E-state index in [-0.39, 0.29) is 0 Å². The van der Waals surface area contributed by atoms with Gasteiger partial charge in [0.05, 0.1) is 0 Å². The Hall–Kier alpha value is -0.0800. The number of piperidine rings is 1. The number of rotatable bonds is 7. The first-order valence-electron chi connectivity index (χ1n) is 7.90. The van der Waals surface area contributed by atoms with Gasteiger partial charge in [0.15, 0.2) is 0 Å². The van der Waals surface area contributed by atoms with Crippen LogP contribution in [0.3, 0.4) is 0 Å². The summed E-state index contributed by atoms with van der Waals surface area (Å²) in [6.45, 7) is 17.9. The summed E-state index contributed by atoms with van der Waals surface area (Å²) in [5.41, 5.74) is 1.05. The maximum Gasteiger partial charge on any atom is 0.00499 e. The third-order valence-corrected chi connectivity index (χ3v) is 5.02. The van der Waals surface area contributed by atoms with E-state index in [2.05, 4.69) is 44.8 Å². The largest absolute Gasteiger partial charge is 0.316 e. The fourth-order valence-electron chi connectivity index (χ4n) is 2.96. The Bertz CT molecular complexity index is 221. The minimum Gasteiger partial charge on any atom is -0.316 e. The lowest BCUT2D eigenvalue weighted by Gasteiger charge is -2.42. The van der Waals surface area contributed by atoms with Crippen molar-refractivity contribution in [3.63, 3.8) is 0 Å². The normalized spacial score (nSPS) is 21.2. The van der Waals surface area contributed by atoms with Gasteiger partial charge in [0.1, 0.15) is 0 Å². The molecule has 2 nitrogen and oxygen atoms in total. The van der Waals surface area contributed by atoms with Crippen LogP contribution in [0, 0.1) is 10.8 Å². The fourth-order valence-corrected chi connectivity index (χ4v) is 2.96. The molecule has 108 valence electrons. The van der Waals surface area contributed by atoms with Gasteiger partial charge in [0.2, 0.25) is 0 Å². The van der Waals surface area contributed by atoms with Crippen LogP contribution in [0.1, 0.15) is 60.3 Å². The molecule has 0 bridgehead atoms. The van der Waals surface area contributed by atoms with E-state index in [9.17, 15) is 0 Å². The Balaban J connectivity index is 2.51. The first kappa shape index (κ1) is 16.0. The molecule has 1 N–H and O–H groups in total. The number of likely N-dealkylation sites (tertiary alicyclic amines) is 1. The minimum atomic E-state index is 0.484. The molecule has 0 aliphatic carbocycles. The summed E-state index contributed by atoms with van der Waals surface area (Å²) in [6.07, 6.45) is 5.29. The first-order valence-corrected chi connectivity index (χ1v) is 7.90. The monoisotopic (exact) mass is 254 g/mol. The van der Waals surface area contributed by atoms with E-state index >= 15 is 0 Å². The zero-order valence-electron chi connectivity index (χ0n) is 13.3. The molecule has 0 aromatic carbocycles. The molecule has 0 unspecified atom stereocenters. The second kappa shape index (κ2) is 6.91. The number of nitrogens with zero attached hydrogens (tertiary/aromatic N) is 1. The maximum atomic E-state index is 3.57. The molecule has 1 rings (SSSR count). The minimum absolute atomic E-state index is 0.484. The Morgan fingerprint density at radius 3 is 2.06 bits per heavy atom. The van der Waals surface area contributed by atoms with Crippen molar-refractivity contribution in [2.24, 2.45) is 10.8 Å². The Labute approximate surface area is 115 Å². The summed E-state index contributed by atoms with van der Waals surface area (Å²) in [7, 11) is 0. The zero-order valence-corrected chi connectivity index (χ0v) is 13.3. The van der Waals surface area contributed by atoms with Gasteiger partial charge >= 0.3 is 0 Å². The summed E-state index contributed by atoms with van der Waals surface area (Å²) in [5.74, 6) is 0. The summed E-state index contributed by atoms with van der Waals surface area (Å²) in [4.78, 5) is 2.70. The van der Waals surface area contributed by atoms with Crippen molar-refractivity contribution in [3.8, 4) is 0 Å². The van der Waals surface area contributed by atoms with Crippen LogP contribution in [0.5, 0.6) is 0 Å². The van der Waals surface area contributed by atoms with Gasteiger partial charge in [-0.25, -0.2) is 0 Å². The molecule has 0 aromatic rings. The lowest BCUT2D eigenvalue weighted by molar-refractivity contribution is 0.0762. The maximum absolute atomic E-state index is 3.57. The van der Waals surface area contributed by atoms with Crippen LogP contribution in [-0.4, -0.2) is 37.6 Å². The van der Waals surface area contributed by atoms with Gasteiger partial charge in [-0.1, -0.05) is 34.6 Å². The number of hydrogen-bond donors (Lipinski definition) is 1. The van der Waals surface area contributed by atoms with E-state index < -0.39 is 0 Å². The molecule has 0 saturated carbocycles. The van der Waals surface area contributed by atoms with Crippen LogP contribution >= 0.6 is 0 Å². The molecule has 0 radical (unpaired) electrons. The lowest BCUT2D eigenvalue weighted by Crippen LogP contribution is -2.47. The summed E-state index contributed by atoms with van der Waals surface area (Å²) in [5, 5.41) is 3.57. The summed E-state index contributed by atoms with van der Waals surface area (Å²) < 4.78 is 0. The van der Waals surface area contributed by atoms with Crippen LogP contribution in [0.2, 0.25) is 0 Å². The predicted molar refractivity (Wildman–Crippen MR) is 81.0 cm³/mol. The molecule has 0 spiro atoms. The highest BCUT2D eigenvalue weighted by Crippen LogP contribution is 2.33. The van der Waals surface area contributed by atoms with Crippen molar-refractivity contribution in [1.82, 2.24) is 10.2 Å². The Morgan fingerprint density at radius 2 is 1.61 bits per heavy atom. The molecule has 0 aromatic heterocycles. The van der Waals surface area contributed by atoms with E-state index in [1.54, 1.807) is 0 Å². The van der Waals surface area contributed by atoms with Crippen LogP contribution in [0.15, 0.2) is 0 Å². The molecule has 1 aliphatic rings. The molecule has 18 heavy (non-hydrogen) atoms. The van der Waals surface area contributed by atoms with E-state index in [0.29, 0.717) is 10.8 Å². The van der Waals surface area contributed by atoms with E-state index in [4.69, 9.17) is 0 Å². The second-order valence-electron chi connectivity index (χ2n) is 6.93. The molecule has 1 saturated heterocycles. The average molecular weight is 254 g/mol. The van der Waals surface area contributed by atoms with Crippen molar-refractivity contribution >= 4 is 0 Å². The van der Waals surface area contributed by atoms with E-state index in [1.807, 2.05) is 0 Å². The molecule has 1 fully saturated rings. The third kappa shape index (κ3) is 4.55. The van der Waals surface area contributed by atoms with Gasteiger partial charge in [-0.05, 0) is 56.1 Å². The Kier molecular flexibility index (Phi) is 6.13. The SMILES string of the molecule is CCNCC(CC)(CC)CN1CCC(C)(C)CC1. The molecule has 1 aliphatic heterocycles. The molecule has 0 atom stereocenters. The van der Waals surface area contributed by atoms with Crippen molar-refractivity contribution in [2.75, 3.05) is 32.7 Å². The Morgan fingerprint density at radius 1 is 1.06 bits per heavy atom. The van der Waals surface area contributed by atoms with Crippen molar-refractivity contribution in [1.29, 1.82) is 0 Å². The fraction of sp³-hybridized carbons (Fsp3) is 1.00. The van der Waals surface area contributed by atoms with Gasteiger partial charge in [-0.15, -0.1) is 0 Å². The summed E-state index contributed by atoms with van der Waals surface area (Å²) >= 11 is 0. The number of nitrogens with one attached hydrogen (secondary N) is 1. The van der Waals surface area contributed by atoms with E-state index in [0.717, 1.165) is 6.54 Å². The van der Waals surface area contributed by atoms with Crippen LogP contribution in [0.25, 0.3) is 0 Å². The quantitative estimate of drug-likeness (QED) is 0.748. The van der Waals surface area contributed by atoms with Crippen LogP contribution in [-0.2, 0) is 0 Å². The molecular formula is C16H34N2. The van der Waals surface area contributed by atoms with Gasteiger partial charge in [0.25, 0.3) is 0 Å². The molecule has 0 amide bonds. The van der Waals surface area contributed by atoms with Crippen molar-refractivity contribution < 1.29 is 0 Å². The topological polar surface area (TPSA) is 15.3 Å². The van der Waals surface area contributed by atoms with Gasteiger partial charge in [0, 0.05) is 13.1 Å². The second-order valence-corrected chi connectivity index (χ2v) is 6.93. The zero-order chi connectivity index (χ0) is 13.6. The highest BCUT2D eigenvalue weighted by Gasteiger charge is 2.32. The van der Waals surface area contributed by atoms with Gasteiger partial charge < -0.3 is 10.2 Å². The van der Waals surface area contributed by atoms with Crippen LogP contribution in [0.4, 0.5) is 0 Å². The van der Waals surface area contributed by atoms with Crippen molar-refractivity contribution in [3.05, 3.63) is 0 Å². The van der Waals surface area contributed by atoms with Crippen LogP contribution < -0.4 is 5.32 Å². The van der Waals surface area contributed by atoms with Gasteiger partial charge in [-0.3, -0.25) is 0 Å². The molecular weight excluding hydrogens is 220 g/mol. The smallest absolute Gasteiger partial charge is 0.00499 e. The predicted octanol–water partition coefficient (Wildman–Crippen LogP) is 3.52. The van der Waals surface area contributed by atoms with Gasteiger partial charge in [-0.2, -0.15) is 0 Å². The highest BCUT2D eigenvalue weighted by molar-refractivity contribution is 4.86. The molecule has 1 heterocycles. The number of hydrogen-bond acceptors (Lipinski definition) is 2. The highest BCUT2D eigenvalue weighted by atomic mass is 15.1. The molecule has 2 heteroatoms.